The number of ether oxygens (including phenoxy) is 1. The smallest absolute Gasteiger partial charge is 0.316 e. The first-order valence-electron chi connectivity index (χ1n) is 7.51. The molecule has 1 fully saturated rings. The maximum Gasteiger partial charge on any atom is 0.316 e. The van der Waals surface area contributed by atoms with Crippen LogP contribution >= 0.6 is 0 Å². The van der Waals surface area contributed by atoms with Crippen molar-refractivity contribution in [3.05, 3.63) is 0 Å². The minimum Gasteiger partial charge on any atom is -0.459 e. The third kappa shape index (κ3) is 4.96. The van der Waals surface area contributed by atoms with Crippen LogP contribution in [0.4, 0.5) is 0 Å². The van der Waals surface area contributed by atoms with Crippen LogP contribution in [0.2, 0.25) is 0 Å². The summed E-state index contributed by atoms with van der Waals surface area (Å²) in [4.78, 5) is 24.3. The van der Waals surface area contributed by atoms with E-state index in [1.165, 1.54) is 6.42 Å². The van der Waals surface area contributed by atoms with Gasteiger partial charge >= 0.3 is 5.97 Å². The Hall–Kier alpha value is -0.860. The lowest BCUT2D eigenvalue weighted by Crippen LogP contribution is -2.35. The van der Waals surface area contributed by atoms with Gasteiger partial charge in [-0.1, -0.05) is 26.2 Å². The van der Waals surface area contributed by atoms with Gasteiger partial charge in [-0.2, -0.15) is 0 Å². The third-order valence-electron chi connectivity index (χ3n) is 3.95. The van der Waals surface area contributed by atoms with Crippen LogP contribution in [0.25, 0.3) is 0 Å². The number of esters is 1. The molecular weight excluding hydrogens is 240 g/mol. The van der Waals surface area contributed by atoms with Gasteiger partial charge in [0.1, 0.15) is 17.3 Å². The van der Waals surface area contributed by atoms with Crippen LogP contribution in [0.1, 0.15) is 66.7 Å². The van der Waals surface area contributed by atoms with E-state index in [0.717, 1.165) is 25.7 Å². The molecule has 3 heteroatoms. The van der Waals surface area contributed by atoms with Crippen molar-refractivity contribution in [2.45, 2.75) is 72.3 Å². The van der Waals surface area contributed by atoms with Crippen molar-refractivity contribution < 1.29 is 14.3 Å². The Morgan fingerprint density at radius 3 is 2.42 bits per heavy atom. The summed E-state index contributed by atoms with van der Waals surface area (Å²) < 4.78 is 5.30. The van der Waals surface area contributed by atoms with Crippen molar-refractivity contribution in [3.63, 3.8) is 0 Å². The third-order valence-corrected chi connectivity index (χ3v) is 3.95. The fourth-order valence-corrected chi connectivity index (χ4v) is 2.78. The molecule has 0 spiro atoms. The molecule has 0 bridgehead atoms. The van der Waals surface area contributed by atoms with Gasteiger partial charge in [-0.05, 0) is 46.5 Å². The molecule has 1 aliphatic rings. The van der Waals surface area contributed by atoms with Crippen molar-refractivity contribution in [1.82, 2.24) is 0 Å². The molecule has 0 saturated heterocycles. The average Bonchev–Trinajstić information content (AvgIpc) is 2.35. The lowest BCUT2D eigenvalue weighted by Gasteiger charge is -2.29. The molecule has 1 aliphatic carbocycles. The topological polar surface area (TPSA) is 43.4 Å². The Bertz CT molecular complexity index is 327. The number of carbonyl (C=O) groups excluding carboxylic acids is 2. The van der Waals surface area contributed by atoms with E-state index in [9.17, 15) is 9.59 Å². The van der Waals surface area contributed by atoms with Gasteiger partial charge in [-0.15, -0.1) is 0 Å². The highest BCUT2D eigenvalue weighted by atomic mass is 16.6. The average molecular weight is 268 g/mol. The van der Waals surface area contributed by atoms with Crippen LogP contribution in [0.3, 0.4) is 0 Å². The molecule has 0 aliphatic heterocycles. The van der Waals surface area contributed by atoms with Crippen LogP contribution in [-0.4, -0.2) is 17.4 Å². The number of hydrogen-bond donors (Lipinski definition) is 0. The molecule has 0 aromatic heterocycles. The van der Waals surface area contributed by atoms with Gasteiger partial charge < -0.3 is 4.74 Å². The van der Waals surface area contributed by atoms with E-state index in [1.54, 1.807) is 6.92 Å². The first-order valence-corrected chi connectivity index (χ1v) is 7.51. The molecule has 1 saturated carbocycles. The largest absolute Gasteiger partial charge is 0.459 e. The lowest BCUT2D eigenvalue weighted by molar-refractivity contribution is -0.162. The Labute approximate surface area is 117 Å². The van der Waals surface area contributed by atoms with Crippen molar-refractivity contribution in [3.8, 4) is 0 Å². The highest BCUT2D eigenvalue weighted by molar-refractivity contribution is 5.99. The zero-order valence-electron chi connectivity index (χ0n) is 13.0. The number of rotatable bonds is 4. The van der Waals surface area contributed by atoms with Crippen molar-refractivity contribution in [2.75, 3.05) is 0 Å². The quantitative estimate of drug-likeness (QED) is 0.576. The zero-order valence-corrected chi connectivity index (χ0v) is 13.0. The van der Waals surface area contributed by atoms with Crippen molar-refractivity contribution in [2.24, 2.45) is 17.8 Å². The monoisotopic (exact) mass is 268 g/mol. The molecule has 110 valence electrons. The maximum atomic E-state index is 12.4. The van der Waals surface area contributed by atoms with Gasteiger partial charge in [0.15, 0.2) is 0 Å². The number of Topliss-reactive ketones (excluding diaryl/α,β-unsaturated/α-hetero) is 1. The Morgan fingerprint density at radius 1 is 1.26 bits per heavy atom. The molecule has 0 aromatic rings. The molecule has 1 rings (SSSR count). The fourth-order valence-electron chi connectivity index (χ4n) is 2.78. The Balaban J connectivity index is 2.58. The number of carbonyl (C=O) groups is 2. The molecule has 19 heavy (non-hydrogen) atoms. The summed E-state index contributed by atoms with van der Waals surface area (Å²) in [5, 5.41) is 0. The maximum absolute atomic E-state index is 12.4. The first kappa shape index (κ1) is 16.2. The molecule has 0 amide bonds. The highest BCUT2D eigenvalue weighted by Crippen LogP contribution is 2.33. The van der Waals surface area contributed by atoms with E-state index in [0.29, 0.717) is 5.92 Å². The minimum atomic E-state index is -0.625. The lowest BCUT2D eigenvalue weighted by atomic mass is 9.76. The second-order valence-corrected chi connectivity index (χ2v) is 6.80. The Kier molecular flexibility index (Phi) is 5.57. The van der Waals surface area contributed by atoms with Gasteiger partial charge in [0.25, 0.3) is 0 Å². The van der Waals surface area contributed by atoms with E-state index in [2.05, 4.69) is 6.92 Å². The SMILES string of the molecule is CCC1CCCC(C(=O)C(C)C(=O)OC(C)(C)C)C1. The molecule has 0 N–H and O–H groups in total. The van der Waals surface area contributed by atoms with Gasteiger partial charge in [-0.3, -0.25) is 9.59 Å². The standard InChI is InChI=1S/C16H28O3/c1-6-12-8-7-9-13(10-12)14(17)11(2)15(18)19-16(3,4)5/h11-13H,6-10H2,1-5H3. The van der Waals surface area contributed by atoms with Crippen LogP contribution < -0.4 is 0 Å². The van der Waals surface area contributed by atoms with Crippen LogP contribution in [-0.2, 0) is 14.3 Å². The predicted octanol–water partition coefficient (Wildman–Crippen LogP) is 3.75. The van der Waals surface area contributed by atoms with E-state index in [4.69, 9.17) is 4.74 Å². The second kappa shape index (κ2) is 6.53. The van der Waals surface area contributed by atoms with Crippen molar-refractivity contribution in [1.29, 1.82) is 0 Å². The molecule has 3 atom stereocenters. The fraction of sp³-hybridized carbons (Fsp3) is 0.875. The van der Waals surface area contributed by atoms with Crippen LogP contribution in [0.15, 0.2) is 0 Å². The molecule has 0 heterocycles. The van der Waals surface area contributed by atoms with E-state index in [1.807, 2.05) is 20.8 Å². The van der Waals surface area contributed by atoms with Crippen LogP contribution in [0.5, 0.6) is 0 Å². The molecule has 0 radical (unpaired) electrons. The zero-order chi connectivity index (χ0) is 14.6. The van der Waals surface area contributed by atoms with Gasteiger partial charge in [-0.25, -0.2) is 0 Å². The van der Waals surface area contributed by atoms with Gasteiger partial charge in [0.05, 0.1) is 0 Å². The summed E-state index contributed by atoms with van der Waals surface area (Å²) >= 11 is 0. The summed E-state index contributed by atoms with van der Waals surface area (Å²) in [5.74, 6) is -0.224. The predicted molar refractivity (Wildman–Crippen MR) is 75.8 cm³/mol. The van der Waals surface area contributed by atoms with Crippen molar-refractivity contribution >= 4 is 11.8 Å². The minimum absolute atomic E-state index is 0.0567. The van der Waals surface area contributed by atoms with Crippen LogP contribution in [0, 0.1) is 17.8 Å². The van der Waals surface area contributed by atoms with Gasteiger partial charge in [0, 0.05) is 5.92 Å². The number of hydrogen-bond acceptors (Lipinski definition) is 3. The normalized spacial score (nSPS) is 25.7. The molecule has 3 nitrogen and oxygen atoms in total. The summed E-state index contributed by atoms with van der Waals surface area (Å²) in [7, 11) is 0. The summed E-state index contributed by atoms with van der Waals surface area (Å²) in [6, 6.07) is 0. The highest BCUT2D eigenvalue weighted by Gasteiger charge is 2.34. The molecule has 0 aromatic carbocycles. The summed E-state index contributed by atoms with van der Waals surface area (Å²) in [6.45, 7) is 9.35. The first-order chi connectivity index (χ1) is 8.74. The van der Waals surface area contributed by atoms with E-state index >= 15 is 0 Å². The molecular formula is C16H28O3. The summed E-state index contributed by atoms with van der Waals surface area (Å²) in [5.41, 5.74) is -0.524. The van der Waals surface area contributed by atoms with E-state index < -0.39 is 11.5 Å². The number of ketones is 1. The Morgan fingerprint density at radius 2 is 1.89 bits per heavy atom. The van der Waals surface area contributed by atoms with E-state index in [-0.39, 0.29) is 17.7 Å². The second-order valence-electron chi connectivity index (χ2n) is 6.80. The summed E-state index contributed by atoms with van der Waals surface area (Å²) in [6.07, 6.45) is 5.34. The molecule has 3 unspecified atom stereocenters. The van der Waals surface area contributed by atoms with Gasteiger partial charge in [0.2, 0.25) is 0 Å².